The quantitative estimate of drug-likeness (QED) is 0.286. The number of thioether (sulfide) groups is 1. The van der Waals surface area contributed by atoms with Crippen LogP contribution in [-0.2, 0) is 11.8 Å². The van der Waals surface area contributed by atoms with Crippen molar-refractivity contribution >= 4 is 52.0 Å². The van der Waals surface area contributed by atoms with E-state index in [-0.39, 0.29) is 21.3 Å². The molecule has 0 radical (unpaired) electrons. The summed E-state index contributed by atoms with van der Waals surface area (Å²) < 4.78 is 2.97. The number of para-hydroxylation sites is 1. The number of aromatic nitrogens is 2. The molecule has 0 saturated carbocycles. The van der Waals surface area contributed by atoms with E-state index in [1.807, 2.05) is 6.07 Å². The van der Waals surface area contributed by atoms with Gasteiger partial charge in [0.1, 0.15) is 5.69 Å². The number of hydrogen-bond acceptors (Lipinski definition) is 6. The molecular formula is C23H17ClN4O5S. The number of rotatable bonds is 5. The van der Waals surface area contributed by atoms with Gasteiger partial charge in [-0.25, -0.2) is 9.58 Å². The third-order valence-electron chi connectivity index (χ3n) is 5.22. The molecule has 0 N–H and O–H groups in total. The Morgan fingerprint density at radius 3 is 2.32 bits per heavy atom. The number of allylic oxidation sites excluding steroid dienone is 2. The summed E-state index contributed by atoms with van der Waals surface area (Å²) in [7, 11) is 1.67. The van der Waals surface area contributed by atoms with Gasteiger partial charge in [-0.15, -0.1) is 0 Å². The molecule has 2 amide bonds. The van der Waals surface area contributed by atoms with E-state index in [9.17, 15) is 24.5 Å². The van der Waals surface area contributed by atoms with Crippen molar-refractivity contribution in [3.63, 3.8) is 0 Å². The molecule has 34 heavy (non-hydrogen) atoms. The zero-order chi connectivity index (χ0) is 24.6. The topological polar surface area (TPSA) is 107 Å². The third-order valence-corrected chi connectivity index (χ3v) is 6.31. The van der Waals surface area contributed by atoms with Crippen LogP contribution in [0.3, 0.4) is 0 Å². The van der Waals surface area contributed by atoms with Crippen molar-refractivity contribution < 1.29 is 14.5 Å². The summed E-state index contributed by atoms with van der Waals surface area (Å²) in [5, 5.41) is 10.3. The van der Waals surface area contributed by atoms with Gasteiger partial charge in [0, 0.05) is 24.2 Å². The summed E-state index contributed by atoms with van der Waals surface area (Å²) in [6.45, 7) is 1.66. The Morgan fingerprint density at radius 2 is 1.71 bits per heavy atom. The fourth-order valence-electron chi connectivity index (χ4n) is 3.49. The lowest BCUT2D eigenvalue weighted by atomic mass is 10.2. The van der Waals surface area contributed by atoms with Crippen molar-refractivity contribution in [1.82, 2.24) is 9.36 Å². The Kier molecular flexibility index (Phi) is 6.27. The van der Waals surface area contributed by atoms with Gasteiger partial charge in [-0.3, -0.25) is 29.2 Å². The van der Waals surface area contributed by atoms with Gasteiger partial charge in [0.15, 0.2) is 0 Å². The van der Waals surface area contributed by atoms with Gasteiger partial charge in [0.05, 0.1) is 21.2 Å². The summed E-state index contributed by atoms with van der Waals surface area (Å²) in [6, 6.07) is 14.6. The first kappa shape index (κ1) is 23.3. The minimum Gasteiger partial charge on any atom is -0.283 e. The summed E-state index contributed by atoms with van der Waals surface area (Å²) in [5.74, 6) is -0.656. The van der Waals surface area contributed by atoms with Crippen molar-refractivity contribution in [2.45, 2.75) is 6.92 Å². The molecule has 11 heteroatoms. The Balaban J connectivity index is 1.67. The zero-order valence-corrected chi connectivity index (χ0v) is 19.5. The molecule has 0 spiro atoms. The maximum absolute atomic E-state index is 13.2. The Morgan fingerprint density at radius 1 is 1.06 bits per heavy atom. The average molecular weight is 497 g/mol. The monoisotopic (exact) mass is 496 g/mol. The first-order valence-electron chi connectivity index (χ1n) is 9.92. The van der Waals surface area contributed by atoms with Gasteiger partial charge >= 0.3 is 0 Å². The number of hydrogen-bond donors (Lipinski definition) is 0. The van der Waals surface area contributed by atoms with Crippen molar-refractivity contribution in [3.05, 3.63) is 102 Å². The first-order valence-corrected chi connectivity index (χ1v) is 11.1. The van der Waals surface area contributed by atoms with Crippen LogP contribution in [0.5, 0.6) is 0 Å². The molecule has 9 nitrogen and oxygen atoms in total. The number of anilines is 1. The van der Waals surface area contributed by atoms with E-state index in [2.05, 4.69) is 0 Å². The zero-order valence-electron chi connectivity index (χ0n) is 18.0. The molecule has 1 aromatic heterocycles. The van der Waals surface area contributed by atoms with Gasteiger partial charge in [-0.1, -0.05) is 29.8 Å². The molecule has 1 fully saturated rings. The van der Waals surface area contributed by atoms with E-state index in [0.29, 0.717) is 28.7 Å². The van der Waals surface area contributed by atoms with Gasteiger partial charge in [-0.2, -0.15) is 0 Å². The molecule has 1 aliphatic rings. The van der Waals surface area contributed by atoms with Gasteiger partial charge in [-0.05, 0) is 60.7 Å². The second kappa shape index (κ2) is 9.16. The van der Waals surface area contributed by atoms with E-state index in [0.717, 1.165) is 4.90 Å². The van der Waals surface area contributed by atoms with Gasteiger partial charge in [0.2, 0.25) is 0 Å². The molecule has 0 bridgehead atoms. The molecule has 1 saturated heterocycles. The molecular weight excluding hydrogens is 480 g/mol. The second-order valence-electron chi connectivity index (χ2n) is 7.31. The van der Waals surface area contributed by atoms with E-state index >= 15 is 0 Å². The van der Waals surface area contributed by atoms with E-state index in [4.69, 9.17) is 11.6 Å². The van der Waals surface area contributed by atoms with Crippen LogP contribution >= 0.6 is 23.4 Å². The van der Waals surface area contributed by atoms with E-state index in [1.54, 1.807) is 42.9 Å². The Bertz CT molecular complexity index is 1440. The number of carbonyl (C=O) groups excluding carboxylic acids is 2. The number of imide groups is 1. The number of halogens is 1. The highest BCUT2D eigenvalue weighted by Gasteiger charge is 2.40. The highest BCUT2D eigenvalue weighted by atomic mass is 35.5. The van der Waals surface area contributed by atoms with Crippen LogP contribution in [0.2, 0.25) is 0 Å². The molecule has 0 atom stereocenters. The smallest absolute Gasteiger partial charge is 0.283 e. The van der Waals surface area contributed by atoms with Crippen LogP contribution < -0.4 is 10.5 Å². The van der Waals surface area contributed by atoms with Crippen molar-refractivity contribution in [3.8, 4) is 5.69 Å². The summed E-state index contributed by atoms with van der Waals surface area (Å²) in [5.41, 5.74) is 1.05. The highest BCUT2D eigenvalue weighted by molar-refractivity contribution is 8.18. The molecule has 2 aromatic carbocycles. The molecule has 1 aliphatic heterocycles. The minimum atomic E-state index is -0.656. The minimum absolute atomic E-state index is 0.0206. The Hall–Kier alpha value is -3.89. The number of nitro benzene ring substituents is 1. The van der Waals surface area contributed by atoms with Crippen LogP contribution in [0.25, 0.3) is 11.8 Å². The summed E-state index contributed by atoms with van der Waals surface area (Å²) >= 11 is 6.94. The molecule has 4 rings (SSSR count). The number of non-ortho nitro benzene ring substituents is 1. The van der Waals surface area contributed by atoms with Crippen molar-refractivity contribution in [2.75, 3.05) is 4.90 Å². The number of nitrogens with zero attached hydrogens (tertiary/aromatic N) is 4. The highest BCUT2D eigenvalue weighted by Crippen LogP contribution is 2.36. The van der Waals surface area contributed by atoms with Crippen LogP contribution in [0.1, 0.15) is 11.3 Å². The van der Waals surface area contributed by atoms with Crippen molar-refractivity contribution in [1.29, 1.82) is 0 Å². The van der Waals surface area contributed by atoms with E-state index < -0.39 is 21.6 Å². The summed E-state index contributed by atoms with van der Waals surface area (Å²) in [4.78, 5) is 50.2. The van der Waals surface area contributed by atoms with E-state index in [1.165, 1.54) is 41.1 Å². The van der Waals surface area contributed by atoms with Crippen molar-refractivity contribution in [2.24, 2.45) is 7.05 Å². The lowest BCUT2D eigenvalue weighted by Crippen LogP contribution is -2.33. The fourth-order valence-corrected chi connectivity index (χ4v) is 4.61. The average Bonchev–Trinajstić information content (AvgIpc) is 3.19. The maximum Gasteiger partial charge on any atom is 0.298 e. The predicted molar refractivity (Wildman–Crippen MR) is 131 cm³/mol. The fraction of sp³-hybridized carbons (Fsp3) is 0.0870. The second-order valence-corrected chi connectivity index (χ2v) is 8.73. The van der Waals surface area contributed by atoms with Crippen LogP contribution in [-0.4, -0.2) is 25.4 Å². The molecule has 3 aromatic rings. The van der Waals surface area contributed by atoms with Crippen LogP contribution in [0, 0.1) is 17.0 Å². The lowest BCUT2D eigenvalue weighted by Gasteiger charge is -2.10. The first-order chi connectivity index (χ1) is 16.2. The molecule has 172 valence electrons. The molecule has 2 heterocycles. The van der Waals surface area contributed by atoms with Gasteiger partial charge < -0.3 is 0 Å². The SMILES string of the molecule is Cc1c(N2C(=O)S/C(=C\C(Cl)=C\c3ccc([N+](=O)[O-])cc3)C2=O)c(=O)n(-c2ccccc2)n1C. The number of amides is 2. The summed E-state index contributed by atoms with van der Waals surface area (Å²) in [6.07, 6.45) is 2.84. The third kappa shape index (κ3) is 4.20. The number of nitro groups is 1. The number of benzene rings is 2. The largest absolute Gasteiger partial charge is 0.298 e. The number of carbonyl (C=O) groups is 2. The Labute approximate surface area is 202 Å². The molecule has 0 aliphatic carbocycles. The normalized spacial score (nSPS) is 15.4. The van der Waals surface area contributed by atoms with Crippen LogP contribution in [0.4, 0.5) is 16.2 Å². The van der Waals surface area contributed by atoms with Gasteiger partial charge in [0.25, 0.3) is 22.4 Å². The predicted octanol–water partition coefficient (Wildman–Crippen LogP) is 4.76. The standard InChI is InChI=1S/C23H17ClN4O5S/c1-14-20(22(30)27(25(14)2)17-6-4-3-5-7-17)26-21(29)19(34-23(26)31)13-16(24)12-15-8-10-18(11-9-15)28(32)33/h3-13H,1-2H3/b16-12-,19-13-. The van der Waals surface area contributed by atoms with Crippen LogP contribution in [0.15, 0.2) is 75.4 Å². The maximum atomic E-state index is 13.2. The molecule has 0 unspecified atom stereocenters. The lowest BCUT2D eigenvalue weighted by molar-refractivity contribution is -0.384.